The van der Waals surface area contributed by atoms with Gasteiger partial charge in [0.25, 0.3) is 10.0 Å². The van der Waals surface area contributed by atoms with Crippen molar-refractivity contribution in [3.8, 4) is 0 Å². The van der Waals surface area contributed by atoms with Crippen molar-refractivity contribution < 1.29 is 8.42 Å². The molecular formula is C13H17N3O2S2. The zero-order valence-corrected chi connectivity index (χ0v) is 13.1. The number of hydrogen-bond acceptors (Lipinski definition) is 4. The van der Waals surface area contributed by atoms with Crippen LogP contribution in [0.2, 0.25) is 0 Å². The third-order valence-corrected chi connectivity index (χ3v) is 6.88. The summed E-state index contributed by atoms with van der Waals surface area (Å²) < 4.78 is 28.9. The number of sulfonamides is 1. The van der Waals surface area contributed by atoms with Crippen molar-refractivity contribution in [3.63, 3.8) is 0 Å². The Morgan fingerprint density at radius 1 is 1.45 bits per heavy atom. The molecule has 3 heterocycles. The van der Waals surface area contributed by atoms with Crippen molar-refractivity contribution in [2.75, 3.05) is 13.1 Å². The van der Waals surface area contributed by atoms with Crippen LogP contribution in [-0.4, -0.2) is 35.4 Å². The molecule has 20 heavy (non-hydrogen) atoms. The maximum absolute atomic E-state index is 12.5. The fourth-order valence-electron chi connectivity index (χ4n) is 2.71. The first-order chi connectivity index (χ1) is 9.48. The maximum atomic E-state index is 12.5. The van der Waals surface area contributed by atoms with Crippen LogP contribution in [0.3, 0.4) is 0 Å². The normalized spacial score (nSPS) is 20.6. The summed E-state index contributed by atoms with van der Waals surface area (Å²) >= 11 is 1.27. The van der Waals surface area contributed by atoms with Crippen LogP contribution in [0, 0.1) is 6.92 Å². The molecule has 1 aliphatic heterocycles. The van der Waals surface area contributed by atoms with Gasteiger partial charge in [0.1, 0.15) is 10.0 Å². The summed E-state index contributed by atoms with van der Waals surface area (Å²) in [5.41, 5.74) is 0.974. The van der Waals surface area contributed by atoms with Gasteiger partial charge in [-0.15, -0.1) is 11.3 Å². The molecule has 0 aromatic carbocycles. The molecule has 108 valence electrons. The van der Waals surface area contributed by atoms with Gasteiger partial charge in [0.2, 0.25) is 0 Å². The average molecular weight is 311 g/mol. The molecule has 0 spiro atoms. The molecule has 0 bridgehead atoms. The fraction of sp³-hybridized carbons (Fsp3) is 0.462. The van der Waals surface area contributed by atoms with Gasteiger partial charge in [0, 0.05) is 32.3 Å². The highest BCUT2D eigenvalue weighted by atomic mass is 32.2. The molecule has 2 aromatic heterocycles. The number of imidazole rings is 1. The molecule has 1 atom stereocenters. The zero-order chi connectivity index (χ0) is 14.3. The molecule has 0 amide bonds. The van der Waals surface area contributed by atoms with Gasteiger partial charge in [-0.25, -0.2) is 13.4 Å². The first-order valence-electron chi connectivity index (χ1n) is 6.52. The Morgan fingerprint density at radius 3 is 2.85 bits per heavy atom. The summed E-state index contributed by atoms with van der Waals surface area (Å²) in [5.74, 6) is 1.16. The second-order valence-electron chi connectivity index (χ2n) is 5.13. The van der Waals surface area contributed by atoms with E-state index < -0.39 is 10.0 Å². The molecule has 3 rings (SSSR count). The minimum Gasteiger partial charge on any atom is -0.337 e. The quantitative estimate of drug-likeness (QED) is 0.871. The molecule has 1 unspecified atom stereocenters. The van der Waals surface area contributed by atoms with Crippen molar-refractivity contribution >= 4 is 21.4 Å². The predicted octanol–water partition coefficient (Wildman–Crippen LogP) is 1.97. The summed E-state index contributed by atoms with van der Waals surface area (Å²) in [5, 5.41) is 1.79. The van der Waals surface area contributed by atoms with Crippen molar-refractivity contribution in [2.45, 2.75) is 23.5 Å². The molecule has 0 saturated carbocycles. The third kappa shape index (κ3) is 2.30. The standard InChI is InChI=1S/C13H17N3O2S2/c1-10-8-15(2)13(14-10)11-5-6-16(9-11)20(17,18)12-4-3-7-19-12/h3-4,7-8,11H,5-6,9H2,1-2H3. The van der Waals surface area contributed by atoms with E-state index in [0.717, 1.165) is 17.9 Å². The lowest BCUT2D eigenvalue weighted by molar-refractivity contribution is 0.471. The van der Waals surface area contributed by atoms with E-state index in [-0.39, 0.29) is 5.92 Å². The van der Waals surface area contributed by atoms with Crippen LogP contribution < -0.4 is 0 Å². The first-order valence-corrected chi connectivity index (χ1v) is 8.84. The van der Waals surface area contributed by atoms with Crippen molar-refractivity contribution in [3.05, 3.63) is 35.2 Å². The molecule has 1 aliphatic rings. The number of nitrogens with zero attached hydrogens (tertiary/aromatic N) is 3. The van der Waals surface area contributed by atoms with Crippen LogP contribution in [-0.2, 0) is 17.1 Å². The molecule has 0 radical (unpaired) electrons. The Balaban J connectivity index is 1.82. The minimum atomic E-state index is -3.33. The van der Waals surface area contributed by atoms with Gasteiger partial charge >= 0.3 is 0 Å². The lowest BCUT2D eigenvalue weighted by Crippen LogP contribution is -2.28. The van der Waals surface area contributed by atoms with Crippen molar-refractivity contribution in [2.24, 2.45) is 7.05 Å². The van der Waals surface area contributed by atoms with Gasteiger partial charge in [-0.2, -0.15) is 4.31 Å². The molecule has 1 saturated heterocycles. The van der Waals surface area contributed by atoms with Crippen molar-refractivity contribution in [1.29, 1.82) is 0 Å². The van der Waals surface area contributed by atoms with E-state index in [4.69, 9.17) is 0 Å². The molecule has 0 aliphatic carbocycles. The lowest BCUT2D eigenvalue weighted by Gasteiger charge is -2.15. The highest BCUT2D eigenvalue weighted by molar-refractivity contribution is 7.91. The molecule has 5 nitrogen and oxygen atoms in total. The Bertz CT molecular complexity index is 704. The molecular weight excluding hydrogens is 294 g/mol. The van der Waals surface area contributed by atoms with E-state index in [2.05, 4.69) is 4.98 Å². The third-order valence-electron chi connectivity index (χ3n) is 3.64. The van der Waals surface area contributed by atoms with Gasteiger partial charge < -0.3 is 4.57 Å². The number of thiophene rings is 1. The Morgan fingerprint density at radius 2 is 2.25 bits per heavy atom. The van der Waals surface area contributed by atoms with Crippen molar-refractivity contribution in [1.82, 2.24) is 13.9 Å². The lowest BCUT2D eigenvalue weighted by atomic mass is 10.1. The van der Waals surface area contributed by atoms with Crippen LogP contribution >= 0.6 is 11.3 Å². The SMILES string of the molecule is Cc1cn(C)c(C2CCN(S(=O)(=O)c3cccs3)C2)n1. The summed E-state index contributed by atoms with van der Waals surface area (Å²) in [7, 11) is -1.36. The second-order valence-corrected chi connectivity index (χ2v) is 8.24. The summed E-state index contributed by atoms with van der Waals surface area (Å²) in [6.45, 7) is 3.04. The van der Waals surface area contributed by atoms with Crippen LogP contribution in [0.25, 0.3) is 0 Å². The Kier molecular flexibility index (Phi) is 3.43. The average Bonchev–Trinajstić information content (AvgIpc) is 3.08. The zero-order valence-electron chi connectivity index (χ0n) is 11.5. The maximum Gasteiger partial charge on any atom is 0.252 e. The number of hydrogen-bond donors (Lipinski definition) is 0. The summed E-state index contributed by atoms with van der Waals surface area (Å²) in [6.07, 6.45) is 2.81. The van der Waals surface area contributed by atoms with Crippen LogP contribution in [0.1, 0.15) is 23.9 Å². The summed E-state index contributed by atoms with van der Waals surface area (Å²) in [6, 6.07) is 3.44. The largest absolute Gasteiger partial charge is 0.337 e. The molecule has 7 heteroatoms. The first kappa shape index (κ1) is 13.8. The van der Waals surface area contributed by atoms with E-state index in [1.165, 1.54) is 11.3 Å². The van der Waals surface area contributed by atoms with E-state index in [9.17, 15) is 8.42 Å². The van der Waals surface area contributed by atoms with Gasteiger partial charge in [0.05, 0.1) is 5.69 Å². The Labute approximate surface area is 122 Å². The fourth-order valence-corrected chi connectivity index (χ4v) is 5.35. The highest BCUT2D eigenvalue weighted by Gasteiger charge is 2.35. The smallest absolute Gasteiger partial charge is 0.252 e. The number of aryl methyl sites for hydroxylation is 2. The van der Waals surface area contributed by atoms with E-state index >= 15 is 0 Å². The highest BCUT2D eigenvalue weighted by Crippen LogP contribution is 2.31. The van der Waals surface area contributed by atoms with Crippen LogP contribution in [0.15, 0.2) is 27.9 Å². The minimum absolute atomic E-state index is 0.184. The monoisotopic (exact) mass is 311 g/mol. The van der Waals surface area contributed by atoms with E-state index in [0.29, 0.717) is 17.3 Å². The molecule has 1 fully saturated rings. The van der Waals surface area contributed by atoms with Crippen LogP contribution in [0.5, 0.6) is 0 Å². The molecule has 0 N–H and O–H groups in total. The summed E-state index contributed by atoms with van der Waals surface area (Å²) in [4.78, 5) is 4.52. The molecule has 2 aromatic rings. The van der Waals surface area contributed by atoms with E-state index in [1.807, 2.05) is 24.7 Å². The number of aromatic nitrogens is 2. The topological polar surface area (TPSA) is 55.2 Å². The van der Waals surface area contributed by atoms with Gasteiger partial charge in [-0.3, -0.25) is 0 Å². The van der Waals surface area contributed by atoms with Gasteiger partial charge in [-0.1, -0.05) is 6.07 Å². The van der Waals surface area contributed by atoms with Gasteiger partial charge in [0.15, 0.2) is 0 Å². The van der Waals surface area contributed by atoms with Crippen LogP contribution in [0.4, 0.5) is 0 Å². The second kappa shape index (κ2) is 4.98. The van der Waals surface area contributed by atoms with E-state index in [1.54, 1.807) is 21.8 Å². The van der Waals surface area contributed by atoms with Gasteiger partial charge in [-0.05, 0) is 24.8 Å². The Hall–Kier alpha value is -1.18. The predicted molar refractivity (Wildman–Crippen MR) is 78.4 cm³/mol. The number of rotatable bonds is 3.